The third kappa shape index (κ3) is 3.38. The molecule has 0 radical (unpaired) electrons. The van der Waals surface area contributed by atoms with E-state index in [-0.39, 0.29) is 6.04 Å². The van der Waals surface area contributed by atoms with Gasteiger partial charge in [0.2, 0.25) is 0 Å². The number of hydrogen-bond donors (Lipinski definition) is 0. The van der Waals surface area contributed by atoms with Crippen LogP contribution in [0.25, 0.3) is 0 Å². The molecule has 1 heterocycles. The van der Waals surface area contributed by atoms with Gasteiger partial charge in [-0.1, -0.05) is 48.5 Å². The van der Waals surface area contributed by atoms with Gasteiger partial charge in [-0.3, -0.25) is 5.01 Å². The van der Waals surface area contributed by atoms with Gasteiger partial charge in [0.15, 0.2) is 11.5 Å². The van der Waals surface area contributed by atoms with Crippen molar-refractivity contribution in [3.05, 3.63) is 90.0 Å². The van der Waals surface area contributed by atoms with Crippen LogP contribution in [-0.4, -0.2) is 19.9 Å². The summed E-state index contributed by atoms with van der Waals surface area (Å²) in [5, 5.41) is 7.08. The average Bonchev–Trinajstić information content (AvgIpc) is 3.20. The molecule has 3 aromatic carbocycles. The number of ether oxygens (including phenoxy) is 2. The van der Waals surface area contributed by atoms with Crippen molar-refractivity contribution in [1.82, 2.24) is 0 Å². The summed E-state index contributed by atoms with van der Waals surface area (Å²) in [4.78, 5) is 0. The van der Waals surface area contributed by atoms with Crippen LogP contribution in [0, 0.1) is 0 Å². The lowest BCUT2D eigenvalue weighted by molar-refractivity contribution is 0.355. The van der Waals surface area contributed by atoms with Crippen LogP contribution >= 0.6 is 0 Å². The first kappa shape index (κ1) is 17.2. The van der Waals surface area contributed by atoms with Crippen molar-refractivity contribution in [2.45, 2.75) is 12.5 Å². The zero-order valence-corrected chi connectivity index (χ0v) is 15.5. The van der Waals surface area contributed by atoms with E-state index in [9.17, 15) is 0 Å². The largest absolute Gasteiger partial charge is 0.493 e. The third-order valence-corrected chi connectivity index (χ3v) is 4.83. The van der Waals surface area contributed by atoms with Gasteiger partial charge >= 0.3 is 0 Å². The second kappa shape index (κ2) is 7.54. The average molecular weight is 358 g/mol. The minimum absolute atomic E-state index is 0.164. The molecule has 4 nitrogen and oxygen atoms in total. The standard InChI is InChI=1S/C23H22N2O2/c1-26-22-14-13-18(15-23(22)27-2)20-16-21(17-9-5-3-6-10-17)25(24-20)19-11-7-4-8-12-19/h3-15,21H,16H2,1-2H3. The summed E-state index contributed by atoms with van der Waals surface area (Å²) in [7, 11) is 3.30. The van der Waals surface area contributed by atoms with Gasteiger partial charge in [0, 0.05) is 12.0 Å². The molecule has 1 aliphatic heterocycles. The van der Waals surface area contributed by atoms with Gasteiger partial charge in [-0.2, -0.15) is 5.10 Å². The third-order valence-electron chi connectivity index (χ3n) is 4.83. The van der Waals surface area contributed by atoms with E-state index >= 15 is 0 Å². The maximum absolute atomic E-state index is 5.47. The molecule has 0 saturated carbocycles. The molecule has 0 bridgehead atoms. The second-order valence-corrected chi connectivity index (χ2v) is 6.43. The fraction of sp³-hybridized carbons (Fsp3) is 0.174. The lowest BCUT2D eigenvalue weighted by atomic mass is 9.98. The van der Waals surface area contributed by atoms with Crippen LogP contribution in [0.5, 0.6) is 11.5 Å². The molecule has 0 saturated heterocycles. The number of hydrazone groups is 1. The Hall–Kier alpha value is -3.27. The molecule has 0 fully saturated rings. The Labute approximate surface area is 159 Å². The normalized spacial score (nSPS) is 16.1. The van der Waals surface area contributed by atoms with Crippen molar-refractivity contribution in [1.29, 1.82) is 0 Å². The molecule has 0 aromatic heterocycles. The molecular weight excluding hydrogens is 336 g/mol. The molecule has 1 atom stereocenters. The highest BCUT2D eigenvalue weighted by Crippen LogP contribution is 2.37. The Kier molecular flexibility index (Phi) is 4.79. The van der Waals surface area contributed by atoms with Crippen molar-refractivity contribution in [2.75, 3.05) is 19.2 Å². The van der Waals surface area contributed by atoms with E-state index in [1.807, 2.05) is 42.5 Å². The molecular formula is C23H22N2O2. The van der Waals surface area contributed by atoms with Crippen molar-refractivity contribution >= 4 is 11.4 Å². The van der Waals surface area contributed by atoms with E-state index in [0.717, 1.165) is 29.1 Å². The molecule has 0 spiro atoms. The van der Waals surface area contributed by atoms with Crippen LogP contribution in [0.4, 0.5) is 5.69 Å². The lowest BCUT2D eigenvalue weighted by Gasteiger charge is -2.23. The van der Waals surface area contributed by atoms with E-state index < -0.39 is 0 Å². The number of para-hydroxylation sites is 1. The fourth-order valence-electron chi connectivity index (χ4n) is 3.45. The first-order chi connectivity index (χ1) is 13.3. The zero-order chi connectivity index (χ0) is 18.6. The van der Waals surface area contributed by atoms with Gasteiger partial charge < -0.3 is 9.47 Å². The zero-order valence-electron chi connectivity index (χ0n) is 15.5. The molecule has 0 N–H and O–H groups in total. The summed E-state index contributed by atoms with van der Waals surface area (Å²) in [5.41, 5.74) is 4.42. The van der Waals surface area contributed by atoms with Crippen molar-refractivity contribution < 1.29 is 9.47 Å². The van der Waals surface area contributed by atoms with Gasteiger partial charge in [0.05, 0.1) is 31.7 Å². The summed E-state index contributed by atoms with van der Waals surface area (Å²) in [6.45, 7) is 0. The maximum atomic E-state index is 5.47. The quantitative estimate of drug-likeness (QED) is 0.639. The Morgan fingerprint density at radius 3 is 2.15 bits per heavy atom. The van der Waals surface area contributed by atoms with E-state index in [2.05, 4.69) is 41.4 Å². The predicted octanol–water partition coefficient (Wildman–Crippen LogP) is 5.06. The van der Waals surface area contributed by atoms with E-state index in [1.54, 1.807) is 14.2 Å². The maximum Gasteiger partial charge on any atom is 0.161 e. The summed E-state index contributed by atoms with van der Waals surface area (Å²) in [6.07, 6.45) is 0.828. The van der Waals surface area contributed by atoms with Crippen molar-refractivity contribution in [3.8, 4) is 11.5 Å². The Morgan fingerprint density at radius 1 is 0.815 bits per heavy atom. The van der Waals surface area contributed by atoms with E-state index in [1.165, 1.54) is 5.56 Å². The van der Waals surface area contributed by atoms with Crippen LogP contribution < -0.4 is 14.5 Å². The van der Waals surface area contributed by atoms with Gasteiger partial charge in [-0.15, -0.1) is 0 Å². The number of nitrogens with zero attached hydrogens (tertiary/aromatic N) is 2. The highest BCUT2D eigenvalue weighted by Gasteiger charge is 2.30. The van der Waals surface area contributed by atoms with Crippen LogP contribution in [0.3, 0.4) is 0 Å². The molecule has 27 heavy (non-hydrogen) atoms. The number of anilines is 1. The minimum Gasteiger partial charge on any atom is -0.493 e. The molecule has 136 valence electrons. The first-order valence-corrected chi connectivity index (χ1v) is 8.99. The number of rotatable bonds is 5. The molecule has 1 unspecified atom stereocenters. The lowest BCUT2D eigenvalue weighted by Crippen LogP contribution is -2.18. The summed E-state index contributed by atoms with van der Waals surface area (Å²) in [6, 6.07) is 26.9. The smallest absolute Gasteiger partial charge is 0.161 e. The van der Waals surface area contributed by atoms with E-state index in [0.29, 0.717) is 5.75 Å². The monoisotopic (exact) mass is 358 g/mol. The topological polar surface area (TPSA) is 34.1 Å². The van der Waals surface area contributed by atoms with Crippen LogP contribution in [0.2, 0.25) is 0 Å². The molecule has 0 amide bonds. The second-order valence-electron chi connectivity index (χ2n) is 6.43. The number of benzene rings is 3. The Morgan fingerprint density at radius 2 is 1.48 bits per heavy atom. The van der Waals surface area contributed by atoms with Gasteiger partial charge in [0.25, 0.3) is 0 Å². The minimum atomic E-state index is 0.164. The van der Waals surface area contributed by atoms with Gasteiger partial charge in [-0.05, 0) is 35.9 Å². The molecule has 1 aliphatic rings. The molecule has 4 rings (SSSR count). The van der Waals surface area contributed by atoms with E-state index in [4.69, 9.17) is 14.6 Å². The van der Waals surface area contributed by atoms with Crippen LogP contribution in [-0.2, 0) is 0 Å². The summed E-state index contributed by atoms with van der Waals surface area (Å²) < 4.78 is 10.8. The van der Waals surface area contributed by atoms with Gasteiger partial charge in [0.1, 0.15) is 0 Å². The van der Waals surface area contributed by atoms with Crippen LogP contribution in [0.15, 0.2) is 84.0 Å². The molecule has 3 aromatic rings. The van der Waals surface area contributed by atoms with Crippen LogP contribution in [0.1, 0.15) is 23.6 Å². The Bertz CT molecular complexity index is 939. The van der Waals surface area contributed by atoms with Crippen molar-refractivity contribution in [2.24, 2.45) is 5.10 Å². The fourth-order valence-corrected chi connectivity index (χ4v) is 3.45. The molecule has 4 heteroatoms. The van der Waals surface area contributed by atoms with Gasteiger partial charge in [-0.25, -0.2) is 0 Å². The highest BCUT2D eigenvalue weighted by molar-refractivity contribution is 6.03. The summed E-state index contributed by atoms with van der Waals surface area (Å²) in [5.74, 6) is 1.44. The van der Waals surface area contributed by atoms with Crippen molar-refractivity contribution in [3.63, 3.8) is 0 Å². The first-order valence-electron chi connectivity index (χ1n) is 8.99. The predicted molar refractivity (Wildman–Crippen MR) is 109 cm³/mol. The molecule has 0 aliphatic carbocycles. The number of methoxy groups -OCH3 is 2. The summed E-state index contributed by atoms with van der Waals surface area (Å²) >= 11 is 0. The Balaban J connectivity index is 1.74. The highest BCUT2D eigenvalue weighted by atomic mass is 16.5. The SMILES string of the molecule is COc1ccc(C2=NN(c3ccccc3)C(c3ccccc3)C2)cc1OC. The number of hydrogen-bond acceptors (Lipinski definition) is 4.